The molecule has 0 saturated carbocycles. The Labute approximate surface area is 122 Å². The van der Waals surface area contributed by atoms with Crippen LogP contribution in [-0.2, 0) is 4.74 Å². The molecule has 1 unspecified atom stereocenters. The van der Waals surface area contributed by atoms with Crippen LogP contribution in [0.3, 0.4) is 0 Å². The third-order valence-electron chi connectivity index (χ3n) is 2.79. The lowest BCUT2D eigenvalue weighted by Crippen LogP contribution is -2.47. The fraction of sp³-hybridized carbons (Fsp3) is 0.417. The van der Waals surface area contributed by atoms with Gasteiger partial charge < -0.3 is 14.7 Å². The van der Waals surface area contributed by atoms with Crippen LogP contribution in [0.2, 0.25) is 0 Å². The summed E-state index contributed by atoms with van der Waals surface area (Å²) in [5.74, 6) is -0.0453. The minimum absolute atomic E-state index is 0.0453. The zero-order valence-corrected chi connectivity index (χ0v) is 12.8. The second kappa shape index (κ2) is 6.14. The van der Waals surface area contributed by atoms with E-state index in [1.54, 1.807) is 11.0 Å². The molecule has 0 bridgehead atoms. The van der Waals surface area contributed by atoms with Gasteiger partial charge in [-0.05, 0) is 34.1 Å². The van der Waals surface area contributed by atoms with Crippen LogP contribution in [0.15, 0.2) is 27.1 Å². The van der Waals surface area contributed by atoms with Gasteiger partial charge in [-0.1, -0.05) is 15.9 Å². The van der Waals surface area contributed by atoms with E-state index in [1.165, 1.54) is 0 Å². The van der Waals surface area contributed by atoms with Crippen LogP contribution in [0.5, 0.6) is 0 Å². The quantitative estimate of drug-likeness (QED) is 0.856. The van der Waals surface area contributed by atoms with E-state index >= 15 is 0 Å². The van der Waals surface area contributed by atoms with Crippen molar-refractivity contribution in [2.75, 3.05) is 26.3 Å². The summed E-state index contributed by atoms with van der Waals surface area (Å²) >= 11 is 6.74. The molecule has 0 radical (unpaired) electrons. The Morgan fingerprint density at radius 3 is 2.94 bits per heavy atom. The highest BCUT2D eigenvalue weighted by Gasteiger charge is 2.25. The Morgan fingerprint density at radius 2 is 2.28 bits per heavy atom. The average molecular weight is 379 g/mol. The molecule has 0 aromatic heterocycles. The average Bonchev–Trinajstić information content (AvgIpc) is 2.38. The highest BCUT2D eigenvalue weighted by atomic mass is 79.9. The van der Waals surface area contributed by atoms with Gasteiger partial charge in [-0.25, -0.2) is 0 Å². The van der Waals surface area contributed by atoms with Crippen molar-refractivity contribution in [2.45, 2.75) is 6.10 Å². The van der Waals surface area contributed by atoms with E-state index in [-0.39, 0.29) is 18.6 Å². The van der Waals surface area contributed by atoms with Gasteiger partial charge >= 0.3 is 0 Å². The standard InChI is InChI=1S/C12H13Br2NO3/c13-8-1-2-10(11(14)5-8)12(17)15-3-4-18-9(6-15)7-16/h1-2,5,9,16H,3-4,6-7H2. The Kier molecular flexibility index (Phi) is 4.77. The number of carbonyl (C=O) groups excluding carboxylic acids is 1. The van der Waals surface area contributed by atoms with E-state index in [0.717, 1.165) is 8.95 Å². The van der Waals surface area contributed by atoms with Gasteiger partial charge in [0, 0.05) is 22.0 Å². The van der Waals surface area contributed by atoms with Crippen molar-refractivity contribution in [2.24, 2.45) is 0 Å². The van der Waals surface area contributed by atoms with Crippen LogP contribution < -0.4 is 0 Å². The molecule has 1 amide bonds. The maximum absolute atomic E-state index is 12.3. The van der Waals surface area contributed by atoms with Crippen molar-refractivity contribution in [3.63, 3.8) is 0 Å². The molecule has 1 aromatic rings. The second-order valence-electron chi connectivity index (χ2n) is 4.05. The summed E-state index contributed by atoms with van der Waals surface area (Å²) in [5, 5.41) is 9.07. The summed E-state index contributed by atoms with van der Waals surface area (Å²) in [6.07, 6.45) is -0.281. The first-order valence-corrected chi connectivity index (χ1v) is 7.17. The lowest BCUT2D eigenvalue weighted by molar-refractivity contribution is -0.0447. The molecule has 0 aliphatic carbocycles. The number of nitrogens with zero attached hydrogens (tertiary/aromatic N) is 1. The van der Waals surface area contributed by atoms with E-state index in [1.807, 2.05) is 12.1 Å². The summed E-state index contributed by atoms with van der Waals surface area (Å²) in [7, 11) is 0. The topological polar surface area (TPSA) is 49.8 Å². The first kappa shape index (κ1) is 14.0. The van der Waals surface area contributed by atoms with Crippen molar-refractivity contribution in [3.05, 3.63) is 32.7 Å². The van der Waals surface area contributed by atoms with Crippen molar-refractivity contribution < 1.29 is 14.6 Å². The summed E-state index contributed by atoms with van der Waals surface area (Å²) in [6.45, 7) is 1.38. The molecular formula is C12H13Br2NO3. The molecule has 1 aromatic carbocycles. The van der Waals surface area contributed by atoms with E-state index in [0.29, 0.717) is 25.3 Å². The molecule has 1 atom stereocenters. The third kappa shape index (κ3) is 3.12. The molecule has 98 valence electrons. The monoisotopic (exact) mass is 377 g/mol. The molecule has 0 spiro atoms. The zero-order valence-electron chi connectivity index (χ0n) is 9.60. The Hall–Kier alpha value is -0.430. The molecule has 1 fully saturated rings. The van der Waals surface area contributed by atoms with Crippen LogP contribution in [-0.4, -0.2) is 48.3 Å². The van der Waals surface area contributed by atoms with Crippen molar-refractivity contribution in [1.82, 2.24) is 4.90 Å². The van der Waals surface area contributed by atoms with Gasteiger partial charge in [-0.15, -0.1) is 0 Å². The second-order valence-corrected chi connectivity index (χ2v) is 5.82. The summed E-state index contributed by atoms with van der Waals surface area (Å²) in [5.41, 5.74) is 0.622. The van der Waals surface area contributed by atoms with Gasteiger partial charge in [0.25, 0.3) is 5.91 Å². The predicted molar refractivity (Wildman–Crippen MR) is 74.6 cm³/mol. The smallest absolute Gasteiger partial charge is 0.255 e. The molecule has 6 heteroatoms. The summed E-state index contributed by atoms with van der Waals surface area (Å²) < 4.78 is 7.01. The summed E-state index contributed by atoms with van der Waals surface area (Å²) in [4.78, 5) is 14.0. The van der Waals surface area contributed by atoms with Gasteiger partial charge in [0.05, 0.1) is 24.9 Å². The van der Waals surface area contributed by atoms with Crippen LogP contribution in [0, 0.1) is 0 Å². The van der Waals surface area contributed by atoms with Crippen LogP contribution in [0.1, 0.15) is 10.4 Å². The first-order chi connectivity index (χ1) is 8.61. The van der Waals surface area contributed by atoms with Crippen LogP contribution in [0.25, 0.3) is 0 Å². The number of halogens is 2. The number of amides is 1. The minimum atomic E-state index is -0.281. The number of hydrogen-bond acceptors (Lipinski definition) is 3. The zero-order chi connectivity index (χ0) is 13.1. The number of aliphatic hydroxyl groups is 1. The van der Waals surface area contributed by atoms with Crippen molar-refractivity contribution in [1.29, 1.82) is 0 Å². The number of morpholine rings is 1. The molecule has 2 rings (SSSR count). The predicted octanol–water partition coefficient (Wildman–Crippen LogP) is 2.04. The number of hydrogen-bond donors (Lipinski definition) is 1. The maximum Gasteiger partial charge on any atom is 0.255 e. The molecule has 1 heterocycles. The van der Waals surface area contributed by atoms with Gasteiger partial charge in [-0.2, -0.15) is 0 Å². The Bertz CT molecular complexity index is 453. The van der Waals surface area contributed by atoms with Gasteiger partial charge in [0.1, 0.15) is 0 Å². The molecule has 1 aliphatic heterocycles. The first-order valence-electron chi connectivity index (χ1n) is 5.58. The Balaban J connectivity index is 2.15. The van der Waals surface area contributed by atoms with E-state index < -0.39 is 0 Å². The van der Waals surface area contributed by atoms with E-state index in [2.05, 4.69) is 31.9 Å². The SMILES string of the molecule is O=C(c1ccc(Br)cc1Br)N1CCOC(CO)C1. The summed E-state index contributed by atoms with van der Waals surface area (Å²) in [6, 6.07) is 5.46. The van der Waals surface area contributed by atoms with Gasteiger partial charge in [0.15, 0.2) is 0 Å². The van der Waals surface area contributed by atoms with Gasteiger partial charge in [-0.3, -0.25) is 4.79 Å². The van der Waals surface area contributed by atoms with E-state index in [9.17, 15) is 4.79 Å². The molecule has 1 aliphatic rings. The highest BCUT2D eigenvalue weighted by Crippen LogP contribution is 2.23. The third-order valence-corrected chi connectivity index (χ3v) is 3.94. The number of ether oxygens (including phenoxy) is 1. The van der Waals surface area contributed by atoms with Gasteiger partial charge in [0.2, 0.25) is 0 Å². The fourth-order valence-electron chi connectivity index (χ4n) is 1.85. The maximum atomic E-state index is 12.3. The lowest BCUT2D eigenvalue weighted by atomic mass is 10.1. The lowest BCUT2D eigenvalue weighted by Gasteiger charge is -2.32. The molecule has 4 nitrogen and oxygen atoms in total. The van der Waals surface area contributed by atoms with Crippen LogP contribution in [0.4, 0.5) is 0 Å². The largest absolute Gasteiger partial charge is 0.394 e. The Morgan fingerprint density at radius 1 is 1.50 bits per heavy atom. The molecule has 1 N–H and O–H groups in total. The van der Waals surface area contributed by atoms with Crippen molar-refractivity contribution in [3.8, 4) is 0 Å². The van der Waals surface area contributed by atoms with Crippen LogP contribution >= 0.6 is 31.9 Å². The molecular weight excluding hydrogens is 366 g/mol. The fourth-order valence-corrected chi connectivity index (χ4v) is 3.06. The van der Waals surface area contributed by atoms with Crippen molar-refractivity contribution >= 4 is 37.8 Å². The number of aliphatic hydroxyl groups excluding tert-OH is 1. The molecule has 18 heavy (non-hydrogen) atoms. The number of benzene rings is 1. The molecule has 1 saturated heterocycles. The van der Waals surface area contributed by atoms with E-state index in [4.69, 9.17) is 9.84 Å². The minimum Gasteiger partial charge on any atom is -0.394 e. The number of carbonyl (C=O) groups is 1. The number of rotatable bonds is 2. The normalized spacial score (nSPS) is 19.9. The highest BCUT2D eigenvalue weighted by molar-refractivity contribution is 9.11.